The standard InChI is InChI=1S/C8H5F3N2S/c9-8(10,11)4-1-2-5(14)7-6(4)12-3-13-7/h1-3,14H,(H,12,13). The molecule has 6 heteroatoms. The van der Waals surface area contributed by atoms with E-state index >= 15 is 0 Å². The van der Waals surface area contributed by atoms with Crippen molar-refractivity contribution in [2.75, 3.05) is 0 Å². The fourth-order valence-electron chi connectivity index (χ4n) is 1.25. The van der Waals surface area contributed by atoms with Gasteiger partial charge in [-0.05, 0) is 12.1 Å². The lowest BCUT2D eigenvalue weighted by molar-refractivity contribution is -0.136. The number of alkyl halides is 3. The first-order valence-corrected chi connectivity index (χ1v) is 4.17. The van der Waals surface area contributed by atoms with Gasteiger partial charge in [-0.3, -0.25) is 0 Å². The Hall–Kier alpha value is -1.17. The fourth-order valence-corrected chi connectivity index (χ4v) is 1.49. The zero-order valence-corrected chi connectivity index (χ0v) is 7.65. The first-order chi connectivity index (χ1) is 6.50. The molecule has 2 aromatic rings. The molecule has 14 heavy (non-hydrogen) atoms. The van der Waals surface area contributed by atoms with E-state index in [0.29, 0.717) is 10.4 Å². The number of nitrogens with one attached hydrogen (secondary N) is 1. The van der Waals surface area contributed by atoms with Crippen molar-refractivity contribution in [2.45, 2.75) is 11.1 Å². The Morgan fingerprint density at radius 3 is 2.64 bits per heavy atom. The first kappa shape index (κ1) is 9.39. The summed E-state index contributed by atoms with van der Waals surface area (Å²) < 4.78 is 37.3. The van der Waals surface area contributed by atoms with E-state index in [1.54, 1.807) is 0 Å². The fraction of sp³-hybridized carbons (Fsp3) is 0.125. The number of fused-ring (bicyclic) bond motifs is 1. The zero-order valence-electron chi connectivity index (χ0n) is 6.76. The summed E-state index contributed by atoms with van der Waals surface area (Å²) in [4.78, 5) is 6.68. The van der Waals surface area contributed by atoms with Crippen LogP contribution in [-0.4, -0.2) is 9.97 Å². The number of rotatable bonds is 0. The van der Waals surface area contributed by atoms with Crippen molar-refractivity contribution in [3.8, 4) is 0 Å². The highest BCUT2D eigenvalue weighted by molar-refractivity contribution is 7.80. The van der Waals surface area contributed by atoms with Gasteiger partial charge in [0, 0.05) is 4.90 Å². The second kappa shape index (κ2) is 2.91. The average Bonchev–Trinajstić information content (AvgIpc) is 2.50. The van der Waals surface area contributed by atoms with Crippen LogP contribution in [0, 0.1) is 0 Å². The summed E-state index contributed by atoms with van der Waals surface area (Å²) >= 11 is 4.02. The molecule has 1 N–H and O–H groups in total. The minimum atomic E-state index is -4.38. The van der Waals surface area contributed by atoms with E-state index in [1.807, 2.05) is 0 Å². The Labute approximate surface area is 82.6 Å². The second-order valence-electron chi connectivity index (χ2n) is 2.76. The third kappa shape index (κ3) is 1.35. The number of aromatic amines is 1. The molecule has 0 aliphatic carbocycles. The van der Waals surface area contributed by atoms with E-state index in [9.17, 15) is 13.2 Å². The van der Waals surface area contributed by atoms with Gasteiger partial charge in [0.05, 0.1) is 17.4 Å². The molecule has 0 fully saturated rings. The third-order valence-electron chi connectivity index (χ3n) is 1.86. The summed E-state index contributed by atoms with van der Waals surface area (Å²) in [5, 5.41) is 0. The van der Waals surface area contributed by atoms with E-state index in [1.165, 1.54) is 12.4 Å². The highest BCUT2D eigenvalue weighted by Gasteiger charge is 2.33. The van der Waals surface area contributed by atoms with Gasteiger partial charge in [0.15, 0.2) is 0 Å². The number of benzene rings is 1. The molecule has 0 aliphatic heterocycles. The number of H-pyrrole nitrogens is 1. The monoisotopic (exact) mass is 218 g/mol. The minimum absolute atomic E-state index is 0.0926. The highest BCUT2D eigenvalue weighted by atomic mass is 32.1. The molecule has 0 amide bonds. The topological polar surface area (TPSA) is 28.7 Å². The van der Waals surface area contributed by atoms with E-state index in [-0.39, 0.29) is 5.52 Å². The van der Waals surface area contributed by atoms with Gasteiger partial charge >= 0.3 is 6.18 Å². The molecule has 74 valence electrons. The normalized spacial score (nSPS) is 12.3. The SMILES string of the molecule is FC(F)(F)c1ccc(S)c2[nH]cnc12. The van der Waals surface area contributed by atoms with Crippen LogP contribution in [0.1, 0.15) is 5.56 Å². The summed E-state index contributed by atoms with van der Waals surface area (Å²) in [6, 6.07) is 2.28. The molecule has 2 rings (SSSR count). The van der Waals surface area contributed by atoms with Gasteiger partial charge < -0.3 is 4.98 Å². The smallest absolute Gasteiger partial charge is 0.344 e. The molecule has 0 aliphatic rings. The lowest BCUT2D eigenvalue weighted by Gasteiger charge is -2.07. The van der Waals surface area contributed by atoms with Crippen molar-refractivity contribution in [3.05, 3.63) is 24.0 Å². The molecule has 0 radical (unpaired) electrons. The lowest BCUT2D eigenvalue weighted by Crippen LogP contribution is -2.05. The summed E-state index contributed by atoms with van der Waals surface area (Å²) in [5.74, 6) is 0. The van der Waals surface area contributed by atoms with Crippen LogP contribution in [0.5, 0.6) is 0 Å². The van der Waals surface area contributed by atoms with Gasteiger partial charge in [-0.25, -0.2) is 4.98 Å². The molecular formula is C8H5F3N2S. The Kier molecular flexibility index (Phi) is 1.95. The van der Waals surface area contributed by atoms with Crippen molar-refractivity contribution < 1.29 is 13.2 Å². The van der Waals surface area contributed by atoms with Gasteiger partial charge in [-0.2, -0.15) is 13.2 Å². The van der Waals surface area contributed by atoms with Crippen LogP contribution in [0.4, 0.5) is 13.2 Å². The number of thiol groups is 1. The Balaban J connectivity index is 2.80. The lowest BCUT2D eigenvalue weighted by atomic mass is 10.2. The van der Waals surface area contributed by atoms with Gasteiger partial charge in [0.2, 0.25) is 0 Å². The van der Waals surface area contributed by atoms with Crippen molar-refractivity contribution in [1.82, 2.24) is 9.97 Å². The van der Waals surface area contributed by atoms with Crippen LogP contribution in [0.25, 0.3) is 11.0 Å². The molecule has 0 unspecified atom stereocenters. The summed E-state index contributed by atoms with van der Waals surface area (Å²) in [6.45, 7) is 0. The maximum atomic E-state index is 12.4. The van der Waals surface area contributed by atoms with Crippen LogP contribution < -0.4 is 0 Å². The molecule has 1 aromatic carbocycles. The van der Waals surface area contributed by atoms with Crippen LogP contribution in [0.2, 0.25) is 0 Å². The predicted molar refractivity (Wildman–Crippen MR) is 48.3 cm³/mol. The maximum Gasteiger partial charge on any atom is 0.418 e. The number of aromatic nitrogens is 2. The van der Waals surface area contributed by atoms with Gasteiger partial charge in [-0.1, -0.05) is 0 Å². The molecule has 0 saturated heterocycles. The van der Waals surface area contributed by atoms with Crippen LogP contribution >= 0.6 is 12.6 Å². The summed E-state index contributed by atoms with van der Waals surface area (Å²) in [7, 11) is 0. The second-order valence-corrected chi connectivity index (χ2v) is 3.24. The Bertz CT molecular complexity index is 475. The van der Waals surface area contributed by atoms with E-state index in [0.717, 1.165) is 6.07 Å². The number of hydrogen-bond acceptors (Lipinski definition) is 2. The molecule has 0 bridgehead atoms. The highest BCUT2D eigenvalue weighted by Crippen LogP contribution is 2.35. The van der Waals surface area contributed by atoms with Crippen molar-refractivity contribution >= 4 is 23.7 Å². The van der Waals surface area contributed by atoms with Gasteiger partial charge in [-0.15, -0.1) is 12.6 Å². The van der Waals surface area contributed by atoms with E-state index in [4.69, 9.17) is 0 Å². The number of halogens is 3. The zero-order chi connectivity index (χ0) is 10.3. The third-order valence-corrected chi connectivity index (χ3v) is 2.24. The molecule has 0 spiro atoms. The first-order valence-electron chi connectivity index (χ1n) is 3.72. The van der Waals surface area contributed by atoms with Crippen LogP contribution in [-0.2, 0) is 6.18 Å². The van der Waals surface area contributed by atoms with Crippen LogP contribution in [0.3, 0.4) is 0 Å². The van der Waals surface area contributed by atoms with E-state index in [2.05, 4.69) is 22.6 Å². The van der Waals surface area contributed by atoms with Crippen LogP contribution in [0.15, 0.2) is 23.4 Å². The Morgan fingerprint density at radius 1 is 1.29 bits per heavy atom. The predicted octanol–water partition coefficient (Wildman–Crippen LogP) is 2.87. The molecule has 0 saturated carbocycles. The molecule has 1 aromatic heterocycles. The Morgan fingerprint density at radius 2 is 2.00 bits per heavy atom. The molecule has 1 heterocycles. The summed E-state index contributed by atoms with van der Waals surface area (Å²) in [5.41, 5.74) is -0.528. The van der Waals surface area contributed by atoms with E-state index < -0.39 is 11.7 Å². The summed E-state index contributed by atoms with van der Waals surface area (Å²) in [6.07, 6.45) is -3.16. The maximum absolute atomic E-state index is 12.4. The van der Waals surface area contributed by atoms with Gasteiger partial charge in [0.1, 0.15) is 5.52 Å². The number of hydrogen-bond donors (Lipinski definition) is 2. The largest absolute Gasteiger partial charge is 0.418 e. The van der Waals surface area contributed by atoms with Crippen molar-refractivity contribution in [3.63, 3.8) is 0 Å². The molecule has 2 nitrogen and oxygen atoms in total. The molecule has 0 atom stereocenters. The average molecular weight is 218 g/mol. The molecular weight excluding hydrogens is 213 g/mol. The van der Waals surface area contributed by atoms with Crippen molar-refractivity contribution in [2.24, 2.45) is 0 Å². The van der Waals surface area contributed by atoms with Crippen molar-refractivity contribution in [1.29, 1.82) is 0 Å². The number of nitrogens with zero attached hydrogens (tertiary/aromatic N) is 1. The quantitative estimate of drug-likeness (QED) is 0.654. The minimum Gasteiger partial charge on any atom is -0.344 e. The van der Waals surface area contributed by atoms with Gasteiger partial charge in [0.25, 0.3) is 0 Å². The number of imidazole rings is 1.